The summed E-state index contributed by atoms with van der Waals surface area (Å²) in [7, 11) is 1.65. The fraction of sp³-hybridized carbons (Fsp3) is 0.318. The van der Waals surface area contributed by atoms with E-state index < -0.39 is 12.7 Å². The maximum absolute atomic E-state index is 12.6. The number of nitrogens with zero attached hydrogens (tertiary/aromatic N) is 3. The molecular formula is C22H24F3N5O. The van der Waals surface area contributed by atoms with Gasteiger partial charge in [-0.1, -0.05) is 6.07 Å². The van der Waals surface area contributed by atoms with E-state index in [1.807, 2.05) is 13.0 Å². The number of halogens is 3. The molecule has 2 heterocycles. The summed E-state index contributed by atoms with van der Waals surface area (Å²) in [5, 5.41) is 9.49. The second-order valence-electron chi connectivity index (χ2n) is 7.34. The van der Waals surface area contributed by atoms with Gasteiger partial charge in [-0.2, -0.15) is 18.3 Å². The highest BCUT2D eigenvalue weighted by Crippen LogP contribution is 2.25. The number of benzene rings is 1. The van der Waals surface area contributed by atoms with Crippen LogP contribution in [-0.2, 0) is 17.8 Å². The monoisotopic (exact) mass is 431 g/mol. The van der Waals surface area contributed by atoms with Gasteiger partial charge in [-0.3, -0.25) is 19.8 Å². The Labute approximate surface area is 178 Å². The standard InChI is InChI=1S/C22H24F3N5O/c1-15(19-11-27-28-12-19)17(10-26-2)4-6-21(31)29-20-5-3-18-13-30(14-22(23,24)25)8-7-16(18)9-20/h3-6,9-12H,7-8,13-14H2,1-2H3,(H,27,28)(H,29,31)/b6-4+,17-15+,26-10?. The third-order valence-electron chi connectivity index (χ3n) is 5.01. The molecule has 9 heteroatoms. The zero-order valence-electron chi connectivity index (χ0n) is 17.3. The van der Waals surface area contributed by atoms with Gasteiger partial charge in [0.25, 0.3) is 0 Å². The van der Waals surface area contributed by atoms with E-state index in [-0.39, 0.29) is 12.5 Å². The van der Waals surface area contributed by atoms with E-state index in [9.17, 15) is 18.0 Å². The maximum atomic E-state index is 12.6. The maximum Gasteiger partial charge on any atom is 0.401 e. The summed E-state index contributed by atoms with van der Waals surface area (Å²) in [5.74, 6) is -0.309. The fourth-order valence-electron chi connectivity index (χ4n) is 3.45. The molecule has 0 bridgehead atoms. The number of carbonyl (C=O) groups excluding carboxylic acids is 1. The van der Waals surface area contributed by atoms with Gasteiger partial charge in [0.1, 0.15) is 0 Å². The lowest BCUT2D eigenvalue weighted by atomic mass is 9.99. The van der Waals surface area contributed by atoms with Crippen LogP contribution in [0, 0.1) is 0 Å². The molecule has 6 nitrogen and oxygen atoms in total. The Morgan fingerprint density at radius 3 is 2.81 bits per heavy atom. The van der Waals surface area contributed by atoms with Gasteiger partial charge in [0.15, 0.2) is 0 Å². The molecule has 0 saturated carbocycles. The average Bonchev–Trinajstić information content (AvgIpc) is 3.24. The molecule has 31 heavy (non-hydrogen) atoms. The van der Waals surface area contributed by atoms with Crippen LogP contribution in [0.1, 0.15) is 23.6 Å². The summed E-state index contributed by atoms with van der Waals surface area (Å²) in [6.45, 7) is 1.59. The molecule has 164 valence electrons. The predicted molar refractivity (Wildman–Crippen MR) is 115 cm³/mol. The van der Waals surface area contributed by atoms with Crippen LogP contribution < -0.4 is 5.32 Å². The molecule has 2 N–H and O–H groups in total. The first-order valence-corrected chi connectivity index (χ1v) is 9.77. The summed E-state index contributed by atoms with van der Waals surface area (Å²) in [4.78, 5) is 17.8. The number of alkyl halides is 3. The number of hydrogen-bond donors (Lipinski definition) is 2. The van der Waals surface area contributed by atoms with E-state index >= 15 is 0 Å². The van der Waals surface area contributed by atoms with Crippen molar-refractivity contribution in [2.45, 2.75) is 26.1 Å². The SMILES string of the molecule is CN=CC(/C=C/C(=O)Nc1ccc2c(c1)CCN(CC(F)(F)F)C2)=C(\C)c1cn[nH]c1. The quantitative estimate of drug-likeness (QED) is 0.413. The summed E-state index contributed by atoms with van der Waals surface area (Å²) >= 11 is 0. The number of rotatable bonds is 6. The highest BCUT2D eigenvalue weighted by molar-refractivity contribution is 6.02. The summed E-state index contributed by atoms with van der Waals surface area (Å²) < 4.78 is 37.9. The number of amides is 1. The summed E-state index contributed by atoms with van der Waals surface area (Å²) in [6.07, 6.45) is 4.52. The van der Waals surface area contributed by atoms with Gasteiger partial charge in [0, 0.05) is 49.9 Å². The Hall–Kier alpha value is -3.20. The Morgan fingerprint density at radius 2 is 2.13 bits per heavy atom. The topological polar surface area (TPSA) is 73.4 Å². The Kier molecular flexibility index (Phi) is 7.06. The van der Waals surface area contributed by atoms with Crippen molar-refractivity contribution < 1.29 is 18.0 Å². The molecule has 3 rings (SSSR count). The fourth-order valence-corrected chi connectivity index (χ4v) is 3.45. The van der Waals surface area contributed by atoms with Gasteiger partial charge in [-0.25, -0.2) is 0 Å². The number of carbonyl (C=O) groups is 1. The number of aliphatic imine (C=N–C) groups is 1. The minimum Gasteiger partial charge on any atom is -0.323 e. The molecule has 0 atom stereocenters. The average molecular weight is 431 g/mol. The molecule has 0 unspecified atom stereocenters. The van der Waals surface area contributed by atoms with E-state index in [1.165, 1.54) is 11.0 Å². The molecule has 2 aromatic rings. The van der Waals surface area contributed by atoms with Crippen molar-refractivity contribution in [3.63, 3.8) is 0 Å². The van der Waals surface area contributed by atoms with Crippen molar-refractivity contribution in [3.05, 3.63) is 65.0 Å². The molecule has 0 fully saturated rings. The predicted octanol–water partition coefficient (Wildman–Crippen LogP) is 4.00. The number of nitrogens with one attached hydrogen (secondary N) is 2. The molecule has 1 aromatic heterocycles. The van der Waals surface area contributed by atoms with Crippen molar-refractivity contribution in [1.82, 2.24) is 15.1 Å². The van der Waals surface area contributed by atoms with Crippen LogP contribution >= 0.6 is 0 Å². The Morgan fingerprint density at radius 1 is 1.32 bits per heavy atom. The Balaban J connectivity index is 1.66. The lowest BCUT2D eigenvalue weighted by molar-refractivity contribution is -0.147. The van der Waals surface area contributed by atoms with Gasteiger partial charge in [-0.05, 0) is 53.8 Å². The van der Waals surface area contributed by atoms with Crippen molar-refractivity contribution in [3.8, 4) is 0 Å². The highest BCUT2D eigenvalue weighted by Gasteiger charge is 2.32. The smallest absolute Gasteiger partial charge is 0.323 e. The van der Waals surface area contributed by atoms with E-state index in [4.69, 9.17) is 0 Å². The van der Waals surface area contributed by atoms with Crippen molar-refractivity contribution in [2.24, 2.45) is 4.99 Å². The molecule has 0 aliphatic carbocycles. The number of anilines is 1. The van der Waals surface area contributed by atoms with Crippen LogP contribution in [0.4, 0.5) is 18.9 Å². The van der Waals surface area contributed by atoms with Crippen LogP contribution in [0.3, 0.4) is 0 Å². The Bertz CT molecular complexity index is 1010. The molecule has 1 aliphatic rings. The van der Waals surface area contributed by atoms with Crippen LogP contribution in [0.2, 0.25) is 0 Å². The van der Waals surface area contributed by atoms with Gasteiger partial charge in [-0.15, -0.1) is 0 Å². The van der Waals surface area contributed by atoms with Crippen molar-refractivity contribution >= 4 is 23.4 Å². The van der Waals surface area contributed by atoms with E-state index in [0.29, 0.717) is 18.7 Å². The normalized spacial score (nSPS) is 15.9. The number of allylic oxidation sites excluding steroid dienone is 3. The summed E-state index contributed by atoms with van der Waals surface area (Å²) in [6, 6.07) is 5.31. The molecule has 0 spiro atoms. The molecule has 0 radical (unpaired) electrons. The number of fused-ring (bicyclic) bond motifs is 1. The third kappa shape index (κ3) is 6.39. The molecule has 0 saturated heterocycles. The van der Waals surface area contributed by atoms with Crippen LogP contribution in [0.5, 0.6) is 0 Å². The van der Waals surface area contributed by atoms with E-state index in [2.05, 4.69) is 20.5 Å². The zero-order valence-corrected chi connectivity index (χ0v) is 17.3. The largest absolute Gasteiger partial charge is 0.401 e. The first-order chi connectivity index (χ1) is 14.7. The number of aromatic nitrogens is 2. The zero-order chi connectivity index (χ0) is 22.4. The first kappa shape index (κ1) is 22.5. The molecule has 1 aromatic carbocycles. The highest BCUT2D eigenvalue weighted by atomic mass is 19.4. The van der Waals surface area contributed by atoms with Gasteiger partial charge in [0.2, 0.25) is 5.91 Å². The van der Waals surface area contributed by atoms with E-state index in [0.717, 1.165) is 27.8 Å². The number of aromatic amines is 1. The second kappa shape index (κ2) is 9.74. The lowest BCUT2D eigenvalue weighted by Crippen LogP contribution is -2.37. The first-order valence-electron chi connectivity index (χ1n) is 9.77. The van der Waals surface area contributed by atoms with Crippen molar-refractivity contribution in [2.75, 3.05) is 25.5 Å². The van der Waals surface area contributed by atoms with Crippen molar-refractivity contribution in [1.29, 1.82) is 0 Å². The van der Waals surface area contributed by atoms with Crippen LogP contribution in [-0.4, -0.2) is 53.5 Å². The molecule has 1 aliphatic heterocycles. The van der Waals surface area contributed by atoms with Crippen LogP contribution in [0.25, 0.3) is 5.57 Å². The van der Waals surface area contributed by atoms with Gasteiger partial charge >= 0.3 is 6.18 Å². The number of hydrogen-bond acceptors (Lipinski definition) is 4. The van der Waals surface area contributed by atoms with E-state index in [1.54, 1.807) is 43.9 Å². The number of H-pyrrole nitrogens is 1. The summed E-state index contributed by atoms with van der Waals surface area (Å²) in [5.41, 5.74) is 5.00. The van der Waals surface area contributed by atoms with Gasteiger partial charge in [0.05, 0.1) is 12.7 Å². The molecular weight excluding hydrogens is 407 g/mol. The van der Waals surface area contributed by atoms with Gasteiger partial charge < -0.3 is 5.32 Å². The minimum atomic E-state index is -4.20. The lowest BCUT2D eigenvalue weighted by Gasteiger charge is -2.29. The van der Waals surface area contributed by atoms with Crippen LogP contribution in [0.15, 0.2) is 53.3 Å². The minimum absolute atomic E-state index is 0.251. The third-order valence-corrected chi connectivity index (χ3v) is 5.01. The molecule has 1 amide bonds. The second-order valence-corrected chi connectivity index (χ2v) is 7.34.